The van der Waals surface area contributed by atoms with Gasteiger partial charge in [-0.1, -0.05) is 11.6 Å². The molecule has 2 saturated heterocycles. The van der Waals surface area contributed by atoms with Crippen LogP contribution in [0.1, 0.15) is 45.5 Å². The van der Waals surface area contributed by atoms with Gasteiger partial charge in [-0.15, -0.1) is 11.3 Å². The molecule has 2 bridgehead atoms. The molecule has 1 saturated carbocycles. The number of carbonyl (C=O) groups is 2. The number of morpholine rings is 1. The SMILES string of the molecule is Cc1ccc(OCc2c(C)cc(C(=O)N3CCOCC3)cc2C)c(-c2csc(N3CC4CC[C@@H](C3)C4C(=O)O)n2)c1. The van der Waals surface area contributed by atoms with Gasteiger partial charge in [-0.2, -0.15) is 0 Å². The molecule has 0 spiro atoms. The number of thiazole rings is 1. The summed E-state index contributed by atoms with van der Waals surface area (Å²) in [6.45, 7) is 10.4. The molecule has 0 radical (unpaired) electrons. The Morgan fingerprint density at radius 1 is 1.05 bits per heavy atom. The molecule has 9 heteroatoms. The number of piperidine rings is 1. The highest BCUT2D eigenvalue weighted by molar-refractivity contribution is 7.14. The number of hydrogen-bond acceptors (Lipinski definition) is 7. The number of aromatic nitrogens is 1. The van der Waals surface area contributed by atoms with E-state index in [0.717, 1.165) is 70.3 Å². The number of ether oxygens (including phenoxy) is 2. The van der Waals surface area contributed by atoms with Gasteiger partial charge in [0.25, 0.3) is 5.91 Å². The van der Waals surface area contributed by atoms with E-state index in [1.54, 1.807) is 11.3 Å². The van der Waals surface area contributed by atoms with Crippen molar-refractivity contribution in [1.29, 1.82) is 0 Å². The van der Waals surface area contributed by atoms with Crippen molar-refractivity contribution in [2.45, 2.75) is 40.2 Å². The van der Waals surface area contributed by atoms with Crippen molar-refractivity contribution < 1.29 is 24.2 Å². The highest BCUT2D eigenvalue weighted by Gasteiger charge is 2.46. The van der Waals surface area contributed by atoms with Crippen LogP contribution in [0.15, 0.2) is 35.7 Å². The van der Waals surface area contributed by atoms with Crippen LogP contribution < -0.4 is 9.64 Å². The van der Waals surface area contributed by atoms with Crippen molar-refractivity contribution in [3.05, 3.63) is 63.5 Å². The summed E-state index contributed by atoms with van der Waals surface area (Å²) in [5, 5.41) is 12.7. The maximum absolute atomic E-state index is 13.0. The predicted octanol–water partition coefficient (Wildman–Crippen LogP) is 5.33. The molecule has 2 aromatic carbocycles. The first-order valence-electron chi connectivity index (χ1n) is 14.4. The normalized spacial score (nSPS) is 22.2. The highest BCUT2D eigenvalue weighted by Crippen LogP contribution is 2.44. The fourth-order valence-corrected chi connectivity index (χ4v) is 7.57. The summed E-state index contributed by atoms with van der Waals surface area (Å²) in [5.74, 6) is 0.331. The van der Waals surface area contributed by atoms with E-state index in [1.807, 2.05) is 43.0 Å². The van der Waals surface area contributed by atoms with Crippen LogP contribution >= 0.6 is 11.3 Å². The number of carboxylic acids is 1. The average molecular weight is 576 g/mol. The first-order valence-corrected chi connectivity index (χ1v) is 15.3. The van der Waals surface area contributed by atoms with E-state index >= 15 is 0 Å². The lowest BCUT2D eigenvalue weighted by Crippen LogP contribution is -2.44. The van der Waals surface area contributed by atoms with Crippen LogP contribution in [0.4, 0.5) is 5.13 Å². The van der Waals surface area contributed by atoms with Gasteiger partial charge < -0.3 is 24.4 Å². The topological polar surface area (TPSA) is 92.2 Å². The molecule has 8 nitrogen and oxygen atoms in total. The third-order valence-electron chi connectivity index (χ3n) is 8.91. The lowest BCUT2D eigenvalue weighted by Gasteiger charge is -2.35. The minimum absolute atomic E-state index is 0.0484. The van der Waals surface area contributed by atoms with Gasteiger partial charge in [0.15, 0.2) is 5.13 Å². The van der Waals surface area contributed by atoms with Crippen molar-refractivity contribution in [2.24, 2.45) is 17.8 Å². The molecule has 1 aromatic heterocycles. The molecule has 3 heterocycles. The fourth-order valence-electron chi connectivity index (χ4n) is 6.73. The summed E-state index contributed by atoms with van der Waals surface area (Å²) in [6, 6.07) is 10.1. The maximum Gasteiger partial charge on any atom is 0.307 e. The van der Waals surface area contributed by atoms with Crippen LogP contribution in [0.3, 0.4) is 0 Å². The van der Waals surface area contributed by atoms with E-state index in [2.05, 4.69) is 23.3 Å². The number of nitrogens with zero attached hydrogens (tertiary/aromatic N) is 3. The Bertz CT molecular complexity index is 1430. The van der Waals surface area contributed by atoms with E-state index in [-0.39, 0.29) is 23.7 Å². The summed E-state index contributed by atoms with van der Waals surface area (Å²) >= 11 is 1.61. The number of fused-ring (bicyclic) bond motifs is 2. The summed E-state index contributed by atoms with van der Waals surface area (Å²) in [4.78, 5) is 33.9. The van der Waals surface area contributed by atoms with Crippen molar-refractivity contribution in [2.75, 3.05) is 44.3 Å². The van der Waals surface area contributed by atoms with Crippen LogP contribution in [-0.2, 0) is 16.1 Å². The number of carbonyl (C=O) groups excluding carboxylic acids is 1. The van der Waals surface area contributed by atoms with Crippen LogP contribution in [0.25, 0.3) is 11.3 Å². The zero-order valence-corrected chi connectivity index (χ0v) is 24.7. The molecule has 3 atom stereocenters. The van der Waals surface area contributed by atoms with Gasteiger partial charge in [-0.3, -0.25) is 9.59 Å². The van der Waals surface area contributed by atoms with Gasteiger partial charge in [0.1, 0.15) is 12.4 Å². The first-order chi connectivity index (χ1) is 19.8. The second-order valence-corrected chi connectivity index (χ2v) is 12.5. The zero-order valence-electron chi connectivity index (χ0n) is 23.9. The Hall–Kier alpha value is -3.43. The lowest BCUT2D eigenvalue weighted by atomic mass is 9.85. The Morgan fingerprint density at radius 2 is 1.73 bits per heavy atom. The van der Waals surface area contributed by atoms with E-state index in [9.17, 15) is 14.7 Å². The van der Waals surface area contributed by atoms with Crippen molar-refractivity contribution in [3.63, 3.8) is 0 Å². The predicted molar refractivity (Wildman–Crippen MR) is 159 cm³/mol. The third kappa shape index (κ3) is 5.57. The van der Waals surface area contributed by atoms with Gasteiger partial charge in [0, 0.05) is 42.7 Å². The van der Waals surface area contributed by atoms with Crippen LogP contribution in [0, 0.1) is 38.5 Å². The molecule has 3 aromatic rings. The molecular formula is C32H37N3O5S. The maximum atomic E-state index is 13.0. The van der Waals surface area contributed by atoms with Crippen molar-refractivity contribution in [3.8, 4) is 17.0 Å². The van der Waals surface area contributed by atoms with E-state index in [0.29, 0.717) is 38.5 Å². The summed E-state index contributed by atoms with van der Waals surface area (Å²) in [7, 11) is 0. The molecule has 2 unspecified atom stereocenters. The quantitative estimate of drug-likeness (QED) is 0.407. The average Bonchev–Trinajstić information content (AvgIpc) is 3.56. The summed E-state index contributed by atoms with van der Waals surface area (Å²) < 4.78 is 11.8. The molecule has 1 amide bonds. The van der Waals surface area contributed by atoms with Gasteiger partial charge in [-0.25, -0.2) is 4.98 Å². The molecule has 2 aliphatic heterocycles. The second kappa shape index (κ2) is 11.4. The first kappa shape index (κ1) is 27.7. The van der Waals surface area contributed by atoms with E-state index in [1.165, 1.54) is 0 Å². The molecule has 3 aliphatic rings. The number of aliphatic carboxylic acids is 1. The number of aryl methyl sites for hydroxylation is 3. The minimum atomic E-state index is -0.651. The summed E-state index contributed by atoms with van der Waals surface area (Å²) in [6.07, 6.45) is 1.96. The minimum Gasteiger partial charge on any atom is -0.488 e. The second-order valence-electron chi connectivity index (χ2n) is 11.7. The van der Waals surface area contributed by atoms with Crippen LogP contribution in [-0.4, -0.2) is 66.3 Å². The standard InChI is InChI=1S/C32H37N3O5S/c1-19-4-7-28(40-17-26-20(2)13-24(14-21(26)3)30(36)34-8-10-39-11-9-34)25(12-19)27-18-41-32(33-27)35-15-22-5-6-23(16-35)29(22)31(37)38/h4,7,12-14,18,22-23,29H,5-6,8-11,15-17H2,1-3H3,(H,37,38)/t22-,23?,29?/m0/s1. The largest absolute Gasteiger partial charge is 0.488 e. The number of carboxylic acid groups (broad SMARTS) is 1. The van der Waals surface area contributed by atoms with E-state index < -0.39 is 5.97 Å². The van der Waals surface area contributed by atoms with Crippen LogP contribution in [0.2, 0.25) is 0 Å². The zero-order chi connectivity index (χ0) is 28.7. The molecular weight excluding hydrogens is 538 g/mol. The Labute approximate surface area is 244 Å². The number of benzene rings is 2. The highest BCUT2D eigenvalue weighted by atomic mass is 32.1. The van der Waals surface area contributed by atoms with E-state index in [4.69, 9.17) is 14.5 Å². The number of rotatable bonds is 7. The smallest absolute Gasteiger partial charge is 0.307 e. The monoisotopic (exact) mass is 575 g/mol. The Kier molecular flexibility index (Phi) is 7.74. The van der Waals surface area contributed by atoms with Gasteiger partial charge in [-0.05, 0) is 86.4 Å². The Balaban J connectivity index is 1.18. The molecule has 1 aliphatic carbocycles. The fraction of sp³-hybridized carbons (Fsp3) is 0.469. The van der Waals surface area contributed by atoms with Gasteiger partial charge >= 0.3 is 5.97 Å². The Morgan fingerprint density at radius 3 is 2.39 bits per heavy atom. The van der Waals surface area contributed by atoms with Crippen molar-refractivity contribution in [1.82, 2.24) is 9.88 Å². The molecule has 3 fully saturated rings. The number of amides is 1. The van der Waals surface area contributed by atoms with Gasteiger partial charge in [0.05, 0.1) is 24.8 Å². The number of anilines is 1. The third-order valence-corrected chi connectivity index (χ3v) is 9.81. The molecule has 41 heavy (non-hydrogen) atoms. The van der Waals surface area contributed by atoms with Crippen molar-refractivity contribution >= 4 is 28.3 Å². The van der Waals surface area contributed by atoms with Gasteiger partial charge in [0.2, 0.25) is 0 Å². The lowest BCUT2D eigenvalue weighted by molar-refractivity contribution is -0.144. The van der Waals surface area contributed by atoms with Crippen LogP contribution in [0.5, 0.6) is 5.75 Å². The number of hydrogen-bond donors (Lipinski definition) is 1. The molecule has 216 valence electrons. The molecule has 1 N–H and O–H groups in total. The summed E-state index contributed by atoms with van der Waals surface area (Å²) in [5.41, 5.74) is 6.79. The molecule has 6 rings (SSSR count).